The first-order valence-electron chi connectivity index (χ1n) is 11.4. The van der Waals surface area contributed by atoms with Crippen LogP contribution in [0.4, 0.5) is 14.9 Å². The largest absolute Gasteiger partial charge is 0.496 e. The van der Waals surface area contributed by atoms with Crippen molar-refractivity contribution < 1.29 is 18.5 Å². The number of carbonyl (C=O) groups is 1. The number of fused-ring (bicyclic) bond motifs is 3. The number of hydrogen-bond acceptors (Lipinski definition) is 5. The molecule has 4 heterocycles. The van der Waals surface area contributed by atoms with E-state index in [0.29, 0.717) is 48.1 Å². The first-order chi connectivity index (χ1) is 16.8. The van der Waals surface area contributed by atoms with E-state index in [0.717, 1.165) is 17.7 Å². The Hall–Kier alpha value is -3.59. The Balaban J connectivity index is 1.38. The van der Waals surface area contributed by atoms with Crippen LogP contribution in [-0.4, -0.2) is 44.1 Å². The van der Waals surface area contributed by atoms with Crippen LogP contribution in [0.5, 0.6) is 5.88 Å². The van der Waals surface area contributed by atoms with E-state index < -0.39 is 11.8 Å². The van der Waals surface area contributed by atoms with Crippen LogP contribution in [0.25, 0.3) is 11.1 Å². The summed E-state index contributed by atoms with van der Waals surface area (Å²) in [6.45, 7) is 4.64. The standard InChI is InChI=1S/C25H23ClFN5O3/c1-13(2)12-35-23-6-3-14(11-28-23)17-9-19(27)20(10-18(17)26)29-25(34)32-16-4-5-21(32)24-15(7-16)8-22(33)30-31-24/h3,6,8-11,13,16H,4-5,7,12H2,1-2H3,(H,29,34)/p+1/t16-/m0/s1. The summed E-state index contributed by atoms with van der Waals surface area (Å²) in [5, 5.41) is 9.49. The zero-order chi connectivity index (χ0) is 24.7. The molecule has 1 aromatic carbocycles. The summed E-state index contributed by atoms with van der Waals surface area (Å²) >= 11 is 6.46. The predicted octanol–water partition coefficient (Wildman–Crippen LogP) is 4.41. The third-order valence-corrected chi connectivity index (χ3v) is 6.43. The third-order valence-electron chi connectivity index (χ3n) is 6.12. The molecule has 2 aliphatic heterocycles. The molecular formula is C25H24ClFN5O3+. The van der Waals surface area contributed by atoms with Gasteiger partial charge >= 0.3 is 6.03 Å². The zero-order valence-electron chi connectivity index (χ0n) is 19.3. The fourth-order valence-electron chi connectivity index (χ4n) is 4.50. The molecule has 0 spiro atoms. The summed E-state index contributed by atoms with van der Waals surface area (Å²) < 4.78 is 22.2. The summed E-state index contributed by atoms with van der Waals surface area (Å²) in [4.78, 5) is 29.0. The van der Waals surface area contributed by atoms with Crippen molar-refractivity contribution in [2.24, 2.45) is 5.92 Å². The minimum absolute atomic E-state index is 0.0196. The summed E-state index contributed by atoms with van der Waals surface area (Å²) in [5.74, 6) is 0.239. The highest BCUT2D eigenvalue weighted by atomic mass is 35.5. The molecule has 0 radical (unpaired) electrons. The van der Waals surface area contributed by atoms with Gasteiger partial charge in [0.05, 0.1) is 11.6 Å². The van der Waals surface area contributed by atoms with Gasteiger partial charge in [0.1, 0.15) is 17.4 Å². The Labute approximate surface area is 205 Å². The zero-order valence-corrected chi connectivity index (χ0v) is 20.0. The smallest absolute Gasteiger partial charge is 0.477 e. The number of nitrogens with zero attached hydrogens (tertiary/aromatic N) is 3. The number of anilines is 1. The maximum absolute atomic E-state index is 15.0. The van der Waals surface area contributed by atoms with Gasteiger partial charge in [0.25, 0.3) is 5.56 Å². The topological polar surface area (TPSA) is 100.0 Å². The quantitative estimate of drug-likeness (QED) is 0.510. The maximum atomic E-state index is 15.0. The SMILES string of the molecule is CC(C)COc1ccc(-c2cc(F)c(NC(=O)[N+]3=C4CC[C@H]3Cc3cc(=O)[nH]nc34)cc2Cl)cn1. The molecule has 2 aromatic heterocycles. The molecule has 2 amide bonds. The normalized spacial score (nSPS) is 16.4. The highest BCUT2D eigenvalue weighted by Gasteiger charge is 2.42. The molecule has 35 heavy (non-hydrogen) atoms. The average molecular weight is 497 g/mol. The number of carbonyl (C=O) groups excluding carboxylic acids is 1. The van der Waals surface area contributed by atoms with E-state index in [4.69, 9.17) is 16.3 Å². The van der Waals surface area contributed by atoms with Crippen molar-refractivity contribution in [2.75, 3.05) is 11.9 Å². The number of hydrogen-bond donors (Lipinski definition) is 2. The van der Waals surface area contributed by atoms with Crippen LogP contribution in [0.1, 0.15) is 37.9 Å². The number of amides is 2. The Morgan fingerprint density at radius 2 is 2.17 bits per heavy atom. The van der Waals surface area contributed by atoms with Gasteiger partial charge in [0.2, 0.25) is 5.88 Å². The van der Waals surface area contributed by atoms with Gasteiger partial charge < -0.3 is 4.74 Å². The van der Waals surface area contributed by atoms with E-state index in [9.17, 15) is 9.59 Å². The average Bonchev–Trinajstić information content (AvgIpc) is 3.15. The third kappa shape index (κ3) is 4.55. The molecule has 3 aromatic rings. The van der Waals surface area contributed by atoms with E-state index in [1.807, 2.05) is 13.8 Å². The van der Waals surface area contributed by atoms with Crippen molar-refractivity contribution in [1.29, 1.82) is 0 Å². The predicted molar refractivity (Wildman–Crippen MR) is 130 cm³/mol. The van der Waals surface area contributed by atoms with Crippen LogP contribution in [0.2, 0.25) is 5.02 Å². The van der Waals surface area contributed by atoms with E-state index in [1.165, 1.54) is 18.2 Å². The molecule has 1 atom stereocenters. The van der Waals surface area contributed by atoms with Crippen molar-refractivity contribution >= 4 is 29.0 Å². The van der Waals surface area contributed by atoms with Gasteiger partial charge in [-0.05, 0) is 30.0 Å². The second-order valence-corrected chi connectivity index (χ2v) is 9.56. The second-order valence-electron chi connectivity index (χ2n) is 9.15. The summed E-state index contributed by atoms with van der Waals surface area (Å²) in [7, 11) is 0. The maximum Gasteiger partial charge on any atom is 0.496 e. The van der Waals surface area contributed by atoms with Crippen LogP contribution >= 0.6 is 11.6 Å². The fourth-order valence-corrected chi connectivity index (χ4v) is 4.78. The number of aromatic nitrogens is 3. The molecular weight excluding hydrogens is 473 g/mol. The number of aromatic amines is 1. The molecule has 8 nitrogen and oxygen atoms in total. The minimum atomic E-state index is -0.616. The van der Waals surface area contributed by atoms with E-state index in [2.05, 4.69) is 20.5 Å². The van der Waals surface area contributed by atoms with Crippen LogP contribution in [-0.2, 0) is 6.42 Å². The van der Waals surface area contributed by atoms with Gasteiger partial charge in [-0.25, -0.2) is 19.8 Å². The van der Waals surface area contributed by atoms with Crippen LogP contribution < -0.4 is 15.6 Å². The second kappa shape index (κ2) is 9.22. The molecule has 2 bridgehead atoms. The minimum Gasteiger partial charge on any atom is -0.477 e. The van der Waals surface area contributed by atoms with Gasteiger partial charge in [-0.15, -0.1) is 0 Å². The Bertz CT molecular complexity index is 1400. The number of rotatable bonds is 5. The number of halogens is 2. The summed E-state index contributed by atoms with van der Waals surface area (Å²) in [6, 6.07) is 7.10. The monoisotopic (exact) mass is 496 g/mol. The first-order valence-corrected chi connectivity index (χ1v) is 11.8. The molecule has 0 saturated carbocycles. The van der Waals surface area contributed by atoms with E-state index in [1.54, 1.807) is 22.9 Å². The first kappa shape index (κ1) is 23.2. The summed E-state index contributed by atoms with van der Waals surface area (Å²) in [5.41, 5.74) is 2.95. The van der Waals surface area contributed by atoms with Gasteiger partial charge in [-0.1, -0.05) is 25.4 Å². The molecule has 0 aliphatic carbocycles. The number of urea groups is 1. The molecule has 10 heteroatoms. The lowest BCUT2D eigenvalue weighted by Crippen LogP contribution is -2.40. The van der Waals surface area contributed by atoms with Crippen LogP contribution in [0.3, 0.4) is 0 Å². The Morgan fingerprint density at radius 1 is 1.34 bits per heavy atom. The highest BCUT2D eigenvalue weighted by Crippen LogP contribution is 2.34. The van der Waals surface area contributed by atoms with Gasteiger partial charge in [0, 0.05) is 48.4 Å². The van der Waals surface area contributed by atoms with Crippen LogP contribution in [0.15, 0.2) is 41.3 Å². The molecule has 2 aliphatic rings. The van der Waals surface area contributed by atoms with Gasteiger partial charge in [-0.3, -0.25) is 4.79 Å². The highest BCUT2D eigenvalue weighted by molar-refractivity contribution is 6.33. The lowest BCUT2D eigenvalue weighted by Gasteiger charge is -2.18. The number of H-pyrrole nitrogens is 1. The molecule has 5 rings (SSSR count). The molecule has 180 valence electrons. The molecule has 0 unspecified atom stereocenters. The lowest BCUT2D eigenvalue weighted by atomic mass is 10.0. The van der Waals surface area contributed by atoms with Crippen molar-refractivity contribution in [3.05, 3.63) is 69.0 Å². The van der Waals surface area contributed by atoms with Crippen molar-refractivity contribution in [1.82, 2.24) is 15.2 Å². The number of ether oxygens (including phenoxy) is 1. The van der Waals surface area contributed by atoms with E-state index in [-0.39, 0.29) is 22.3 Å². The van der Waals surface area contributed by atoms with Crippen molar-refractivity contribution in [2.45, 2.75) is 39.2 Å². The lowest BCUT2D eigenvalue weighted by molar-refractivity contribution is -0.460. The number of nitrogens with one attached hydrogen (secondary N) is 2. The summed E-state index contributed by atoms with van der Waals surface area (Å²) in [6.07, 6.45) is 3.50. The van der Waals surface area contributed by atoms with Crippen LogP contribution in [0, 0.1) is 11.7 Å². The fraction of sp³-hybridized carbons (Fsp3) is 0.320. The Morgan fingerprint density at radius 3 is 2.91 bits per heavy atom. The Kier molecular flexibility index (Phi) is 6.10. The van der Waals surface area contributed by atoms with E-state index >= 15 is 4.39 Å². The number of pyridine rings is 1. The molecule has 0 saturated heterocycles. The van der Waals surface area contributed by atoms with Gasteiger partial charge in [-0.2, -0.15) is 14.5 Å². The van der Waals surface area contributed by atoms with Gasteiger partial charge in [0.15, 0.2) is 11.5 Å². The number of benzene rings is 1. The van der Waals surface area contributed by atoms with Crippen molar-refractivity contribution in [3.8, 4) is 17.0 Å². The molecule has 2 N–H and O–H groups in total. The molecule has 0 fully saturated rings. The van der Waals surface area contributed by atoms with Crippen molar-refractivity contribution in [3.63, 3.8) is 0 Å².